The molecule has 16 heavy (non-hydrogen) atoms. The number of hydrogen-bond donors (Lipinski definition) is 2. The molecule has 2 amide bonds. The fourth-order valence-electron chi connectivity index (χ4n) is 2.01. The van der Waals surface area contributed by atoms with Gasteiger partial charge in [-0.3, -0.25) is 4.79 Å². The highest BCUT2D eigenvalue weighted by atomic mass is 16.4. The highest BCUT2D eigenvalue weighted by molar-refractivity contribution is 5.76. The summed E-state index contributed by atoms with van der Waals surface area (Å²) in [6, 6.07) is 0.321. The van der Waals surface area contributed by atoms with Crippen LogP contribution in [0.5, 0.6) is 0 Å². The second-order valence-electron chi connectivity index (χ2n) is 4.87. The fourth-order valence-corrected chi connectivity index (χ4v) is 2.01. The first-order chi connectivity index (χ1) is 7.58. The van der Waals surface area contributed by atoms with E-state index in [1.165, 1.54) is 6.42 Å². The van der Waals surface area contributed by atoms with Crippen molar-refractivity contribution in [3.8, 4) is 0 Å². The van der Waals surface area contributed by atoms with Gasteiger partial charge in [0.15, 0.2) is 0 Å². The third-order valence-electron chi connectivity index (χ3n) is 3.73. The summed E-state index contributed by atoms with van der Waals surface area (Å²) < 4.78 is 0. The smallest absolute Gasteiger partial charge is 0.317 e. The Morgan fingerprint density at radius 2 is 2.00 bits per heavy atom. The normalized spacial score (nSPS) is 23.2. The van der Waals surface area contributed by atoms with Crippen molar-refractivity contribution in [1.82, 2.24) is 10.2 Å². The monoisotopic (exact) mass is 226 g/mol. The van der Waals surface area contributed by atoms with Crippen LogP contribution in [0.25, 0.3) is 0 Å². The van der Waals surface area contributed by atoms with Crippen molar-refractivity contribution in [1.29, 1.82) is 0 Å². The average molecular weight is 226 g/mol. The molecule has 1 heterocycles. The summed E-state index contributed by atoms with van der Waals surface area (Å²) in [5.74, 6) is -1.01. The Labute approximate surface area is 94.8 Å². The predicted molar refractivity (Wildman–Crippen MR) is 58.0 cm³/mol. The Hall–Kier alpha value is -1.26. The van der Waals surface area contributed by atoms with Crippen LogP contribution < -0.4 is 5.32 Å². The first kappa shape index (κ1) is 11.2. The van der Waals surface area contributed by atoms with Gasteiger partial charge in [-0.05, 0) is 19.3 Å². The standard InChI is InChI=1S/C11H18N2O3/c1-7(10(14)15)8-5-13(6-8)11(16)12-9-3-2-4-9/h7-9H,2-6H2,1H3,(H,12,16)(H,14,15). The quantitative estimate of drug-likeness (QED) is 0.751. The number of carbonyl (C=O) groups is 2. The van der Waals surface area contributed by atoms with Gasteiger partial charge >= 0.3 is 12.0 Å². The lowest BCUT2D eigenvalue weighted by atomic mass is 9.87. The molecule has 1 unspecified atom stereocenters. The molecule has 0 aromatic rings. The Bertz CT molecular complexity index is 296. The molecule has 5 nitrogen and oxygen atoms in total. The number of nitrogens with one attached hydrogen (secondary N) is 1. The number of likely N-dealkylation sites (tertiary alicyclic amines) is 1. The molecule has 1 saturated heterocycles. The van der Waals surface area contributed by atoms with E-state index in [4.69, 9.17) is 5.11 Å². The van der Waals surface area contributed by atoms with E-state index >= 15 is 0 Å². The molecule has 2 N–H and O–H groups in total. The topological polar surface area (TPSA) is 69.6 Å². The molecule has 2 rings (SSSR count). The summed E-state index contributed by atoms with van der Waals surface area (Å²) in [7, 11) is 0. The lowest BCUT2D eigenvalue weighted by molar-refractivity contribution is -0.144. The Morgan fingerprint density at radius 1 is 1.38 bits per heavy atom. The van der Waals surface area contributed by atoms with E-state index in [0.29, 0.717) is 19.1 Å². The van der Waals surface area contributed by atoms with E-state index in [2.05, 4.69) is 5.32 Å². The molecular weight excluding hydrogens is 208 g/mol. The average Bonchev–Trinajstić information content (AvgIpc) is 2.08. The van der Waals surface area contributed by atoms with Gasteiger partial charge in [0.25, 0.3) is 0 Å². The summed E-state index contributed by atoms with van der Waals surface area (Å²) in [6.07, 6.45) is 3.35. The third kappa shape index (κ3) is 2.13. The number of carbonyl (C=O) groups excluding carboxylic acids is 1. The third-order valence-corrected chi connectivity index (χ3v) is 3.73. The number of hydrogen-bond acceptors (Lipinski definition) is 2. The van der Waals surface area contributed by atoms with Gasteiger partial charge in [0.05, 0.1) is 5.92 Å². The van der Waals surface area contributed by atoms with Crippen LogP contribution in [0.15, 0.2) is 0 Å². The van der Waals surface area contributed by atoms with Crippen molar-refractivity contribution in [2.45, 2.75) is 32.2 Å². The van der Waals surface area contributed by atoms with Gasteiger partial charge in [-0.2, -0.15) is 0 Å². The van der Waals surface area contributed by atoms with Crippen LogP contribution in [0.1, 0.15) is 26.2 Å². The molecule has 90 valence electrons. The summed E-state index contributed by atoms with van der Waals surface area (Å²) in [4.78, 5) is 24.1. The van der Waals surface area contributed by atoms with Gasteiger partial charge < -0.3 is 15.3 Å². The first-order valence-corrected chi connectivity index (χ1v) is 5.86. The van der Waals surface area contributed by atoms with Crippen LogP contribution in [0, 0.1) is 11.8 Å². The number of carboxylic acids is 1. The van der Waals surface area contributed by atoms with Crippen LogP contribution in [0.3, 0.4) is 0 Å². The Kier molecular flexibility index (Phi) is 3.03. The largest absolute Gasteiger partial charge is 0.481 e. The molecule has 1 aliphatic heterocycles. The maximum Gasteiger partial charge on any atom is 0.317 e. The van der Waals surface area contributed by atoms with Crippen molar-refractivity contribution in [3.63, 3.8) is 0 Å². The fraction of sp³-hybridized carbons (Fsp3) is 0.818. The minimum atomic E-state index is -0.774. The van der Waals surface area contributed by atoms with Gasteiger partial charge in [-0.25, -0.2) is 4.79 Å². The Morgan fingerprint density at radius 3 is 2.44 bits per heavy atom. The van der Waals surface area contributed by atoms with E-state index in [1.807, 2.05) is 0 Å². The minimum absolute atomic E-state index is 0.0291. The molecule has 2 fully saturated rings. The second kappa shape index (κ2) is 4.31. The van der Waals surface area contributed by atoms with Crippen LogP contribution >= 0.6 is 0 Å². The van der Waals surface area contributed by atoms with Gasteiger partial charge in [-0.1, -0.05) is 6.92 Å². The minimum Gasteiger partial charge on any atom is -0.481 e. The molecule has 5 heteroatoms. The summed E-state index contributed by atoms with van der Waals surface area (Å²) in [5, 5.41) is 11.8. The van der Waals surface area contributed by atoms with Gasteiger partial charge in [0, 0.05) is 25.0 Å². The molecule has 1 atom stereocenters. The van der Waals surface area contributed by atoms with Crippen LogP contribution in [0.2, 0.25) is 0 Å². The van der Waals surface area contributed by atoms with Crippen molar-refractivity contribution >= 4 is 12.0 Å². The predicted octanol–water partition coefficient (Wildman–Crippen LogP) is 0.901. The maximum atomic E-state index is 11.6. The van der Waals surface area contributed by atoms with E-state index in [9.17, 15) is 9.59 Å². The number of amides is 2. The lowest BCUT2D eigenvalue weighted by Crippen LogP contribution is -2.58. The zero-order valence-corrected chi connectivity index (χ0v) is 9.48. The number of aliphatic carboxylic acids is 1. The van der Waals surface area contributed by atoms with Crippen molar-refractivity contribution in [2.75, 3.05) is 13.1 Å². The molecule has 0 radical (unpaired) electrons. The van der Waals surface area contributed by atoms with Gasteiger partial charge in [0.2, 0.25) is 0 Å². The van der Waals surface area contributed by atoms with Gasteiger partial charge in [0.1, 0.15) is 0 Å². The van der Waals surface area contributed by atoms with Crippen molar-refractivity contribution in [2.24, 2.45) is 11.8 Å². The highest BCUT2D eigenvalue weighted by Gasteiger charge is 2.37. The molecule has 0 aromatic heterocycles. The number of urea groups is 1. The summed E-state index contributed by atoms with van der Waals surface area (Å²) >= 11 is 0. The molecule has 0 aromatic carbocycles. The van der Waals surface area contributed by atoms with Crippen LogP contribution in [-0.2, 0) is 4.79 Å². The Balaban J connectivity index is 1.70. The lowest BCUT2D eigenvalue weighted by Gasteiger charge is -2.42. The zero-order chi connectivity index (χ0) is 11.7. The number of carboxylic acid groups (broad SMARTS) is 1. The molecule has 2 aliphatic rings. The molecule has 1 saturated carbocycles. The van der Waals surface area contributed by atoms with Crippen LogP contribution in [0.4, 0.5) is 4.79 Å². The maximum absolute atomic E-state index is 11.6. The molecule has 0 bridgehead atoms. The van der Waals surface area contributed by atoms with Crippen molar-refractivity contribution < 1.29 is 14.7 Å². The molecular formula is C11H18N2O3. The van der Waals surface area contributed by atoms with Crippen LogP contribution in [-0.4, -0.2) is 41.1 Å². The summed E-state index contributed by atoms with van der Waals surface area (Å²) in [5.41, 5.74) is 0. The highest BCUT2D eigenvalue weighted by Crippen LogP contribution is 2.25. The zero-order valence-electron chi connectivity index (χ0n) is 9.48. The van der Waals surface area contributed by atoms with Crippen molar-refractivity contribution in [3.05, 3.63) is 0 Å². The number of nitrogens with zero attached hydrogens (tertiary/aromatic N) is 1. The van der Waals surface area contributed by atoms with E-state index in [1.54, 1.807) is 11.8 Å². The summed E-state index contributed by atoms with van der Waals surface area (Å²) in [6.45, 7) is 2.85. The molecule has 1 aliphatic carbocycles. The van der Waals surface area contributed by atoms with E-state index in [-0.39, 0.29) is 17.9 Å². The van der Waals surface area contributed by atoms with E-state index in [0.717, 1.165) is 12.8 Å². The first-order valence-electron chi connectivity index (χ1n) is 5.86. The number of rotatable bonds is 3. The van der Waals surface area contributed by atoms with Gasteiger partial charge in [-0.15, -0.1) is 0 Å². The molecule has 0 spiro atoms. The second-order valence-corrected chi connectivity index (χ2v) is 4.87. The SMILES string of the molecule is CC(C(=O)O)C1CN(C(=O)NC2CCC2)C1. The van der Waals surface area contributed by atoms with E-state index < -0.39 is 5.97 Å².